The first kappa shape index (κ1) is 18.6. The number of amides is 2. The zero-order chi connectivity index (χ0) is 19.2. The Labute approximate surface area is 156 Å². The van der Waals surface area contributed by atoms with Gasteiger partial charge in [0.15, 0.2) is 11.5 Å². The second-order valence-electron chi connectivity index (χ2n) is 5.86. The molecule has 0 unspecified atom stereocenters. The van der Waals surface area contributed by atoms with Crippen LogP contribution in [0, 0.1) is 5.82 Å². The van der Waals surface area contributed by atoms with Crippen molar-refractivity contribution in [2.75, 3.05) is 31.7 Å². The molecule has 2 aromatic carbocycles. The van der Waals surface area contributed by atoms with E-state index in [0.717, 1.165) is 0 Å². The van der Waals surface area contributed by atoms with Gasteiger partial charge in [-0.2, -0.15) is 0 Å². The summed E-state index contributed by atoms with van der Waals surface area (Å²) in [7, 11) is 1.54. The van der Waals surface area contributed by atoms with Crippen LogP contribution in [0.4, 0.5) is 10.1 Å². The van der Waals surface area contributed by atoms with Crippen LogP contribution in [0.5, 0.6) is 5.75 Å². The molecule has 0 fully saturated rings. The maximum atomic E-state index is 13.1. The number of carbonyl (C=O) groups is 2. The predicted octanol–water partition coefficient (Wildman–Crippen LogP) is 2.35. The van der Waals surface area contributed by atoms with Gasteiger partial charge >= 0.3 is 0 Å². The van der Waals surface area contributed by atoms with Gasteiger partial charge in [-0.05, 0) is 35.9 Å². The molecule has 140 valence electrons. The molecule has 6 nitrogen and oxygen atoms in total. The molecule has 0 spiro atoms. The Morgan fingerprint density at radius 2 is 1.96 bits per heavy atom. The Bertz CT molecular complexity index is 865. The van der Waals surface area contributed by atoms with Crippen molar-refractivity contribution in [3.05, 3.63) is 65.7 Å². The summed E-state index contributed by atoms with van der Waals surface area (Å²) in [5, 5.41) is 2.69. The summed E-state index contributed by atoms with van der Waals surface area (Å²) in [6.07, 6.45) is 1.52. The number of hydrogen-bond donors (Lipinski definition) is 1. The minimum atomic E-state index is -0.445. The lowest BCUT2D eigenvalue weighted by atomic mass is 10.1. The molecule has 0 aliphatic carbocycles. The van der Waals surface area contributed by atoms with Gasteiger partial charge in [0, 0.05) is 13.7 Å². The topological polar surface area (TPSA) is 67.9 Å². The number of benzene rings is 2. The highest BCUT2D eigenvalue weighted by Gasteiger charge is 2.31. The number of fused-ring (bicyclic) bond motifs is 1. The van der Waals surface area contributed by atoms with E-state index in [0.29, 0.717) is 30.2 Å². The number of nitrogens with zero attached hydrogens (tertiary/aromatic N) is 1. The summed E-state index contributed by atoms with van der Waals surface area (Å²) in [6, 6.07) is 12.7. The molecule has 2 amide bonds. The first-order valence-electron chi connectivity index (χ1n) is 8.40. The van der Waals surface area contributed by atoms with Gasteiger partial charge in [0.25, 0.3) is 5.91 Å². The van der Waals surface area contributed by atoms with Gasteiger partial charge in [-0.1, -0.05) is 24.3 Å². The van der Waals surface area contributed by atoms with Crippen LogP contribution < -0.4 is 15.0 Å². The highest BCUT2D eigenvalue weighted by atomic mass is 19.1. The second-order valence-corrected chi connectivity index (χ2v) is 5.86. The number of halogens is 1. The molecule has 0 saturated heterocycles. The largest absolute Gasteiger partial charge is 0.449 e. The summed E-state index contributed by atoms with van der Waals surface area (Å²) in [5.74, 6) is -0.592. The normalized spacial score (nSPS) is 14.7. The van der Waals surface area contributed by atoms with E-state index in [9.17, 15) is 14.0 Å². The van der Waals surface area contributed by atoms with Crippen molar-refractivity contribution in [1.29, 1.82) is 0 Å². The smallest absolute Gasteiger partial charge is 0.294 e. The van der Waals surface area contributed by atoms with E-state index in [4.69, 9.17) is 9.47 Å². The third kappa shape index (κ3) is 4.51. The van der Waals surface area contributed by atoms with Crippen LogP contribution in [0.15, 0.2) is 54.3 Å². The van der Waals surface area contributed by atoms with Crippen molar-refractivity contribution in [2.24, 2.45) is 0 Å². The molecule has 0 aromatic heterocycles. The van der Waals surface area contributed by atoms with Crippen LogP contribution >= 0.6 is 0 Å². The van der Waals surface area contributed by atoms with Gasteiger partial charge in [-0.3, -0.25) is 14.5 Å². The fraction of sp³-hybridized carbons (Fsp3) is 0.200. The Kier molecular flexibility index (Phi) is 5.83. The van der Waals surface area contributed by atoms with Crippen LogP contribution in [-0.4, -0.2) is 38.6 Å². The second kappa shape index (κ2) is 8.46. The lowest BCUT2D eigenvalue weighted by Crippen LogP contribution is -2.44. The zero-order valence-electron chi connectivity index (χ0n) is 14.8. The number of anilines is 1. The van der Waals surface area contributed by atoms with Crippen molar-refractivity contribution in [3.8, 4) is 5.75 Å². The Morgan fingerprint density at radius 1 is 1.22 bits per heavy atom. The minimum absolute atomic E-state index is 0.0602. The molecule has 27 heavy (non-hydrogen) atoms. The van der Waals surface area contributed by atoms with Crippen molar-refractivity contribution in [2.45, 2.75) is 0 Å². The van der Waals surface area contributed by atoms with Crippen LogP contribution in [-0.2, 0) is 14.3 Å². The molecule has 0 radical (unpaired) electrons. The van der Waals surface area contributed by atoms with Crippen LogP contribution in [0.25, 0.3) is 6.08 Å². The SMILES string of the molecule is COCCNC(=O)CN1C(=O)/C(=C\c2ccc(F)cc2)Oc2ccccc21. The van der Waals surface area contributed by atoms with Crippen LogP contribution in [0.1, 0.15) is 5.56 Å². The number of nitrogens with one attached hydrogen (secondary N) is 1. The third-order valence-corrected chi connectivity index (χ3v) is 3.93. The van der Waals surface area contributed by atoms with Gasteiger partial charge in [0.2, 0.25) is 5.91 Å². The average molecular weight is 370 g/mol. The number of hydrogen-bond acceptors (Lipinski definition) is 4. The Hall–Kier alpha value is -3.19. The lowest BCUT2D eigenvalue weighted by molar-refractivity contribution is -0.123. The molecule has 3 rings (SSSR count). The summed E-state index contributed by atoms with van der Waals surface area (Å²) in [6.45, 7) is 0.590. The minimum Gasteiger partial charge on any atom is -0.449 e. The number of methoxy groups -OCH3 is 1. The van der Waals surface area contributed by atoms with Gasteiger partial charge < -0.3 is 14.8 Å². The standard InChI is InChI=1S/C20H19FN2O4/c1-26-11-10-22-19(24)13-23-16-4-2-3-5-17(16)27-18(20(23)25)12-14-6-8-15(21)9-7-14/h2-9,12H,10-11,13H2,1H3,(H,22,24)/b18-12+. The van der Waals surface area contributed by atoms with E-state index in [1.54, 1.807) is 43.5 Å². The molecular formula is C20H19FN2O4. The quantitative estimate of drug-likeness (QED) is 0.626. The number of rotatable bonds is 6. The molecule has 0 saturated carbocycles. The molecule has 1 N–H and O–H groups in total. The fourth-order valence-corrected chi connectivity index (χ4v) is 2.62. The first-order valence-corrected chi connectivity index (χ1v) is 8.40. The molecule has 1 aliphatic rings. The maximum Gasteiger partial charge on any atom is 0.294 e. The van der Waals surface area contributed by atoms with Gasteiger partial charge in [-0.25, -0.2) is 4.39 Å². The number of para-hydroxylation sites is 2. The first-order chi connectivity index (χ1) is 13.1. The van der Waals surface area contributed by atoms with E-state index >= 15 is 0 Å². The van der Waals surface area contributed by atoms with E-state index in [1.807, 2.05) is 0 Å². The highest BCUT2D eigenvalue weighted by Crippen LogP contribution is 2.35. The van der Waals surface area contributed by atoms with Crippen molar-refractivity contribution in [1.82, 2.24) is 5.32 Å². The van der Waals surface area contributed by atoms with E-state index < -0.39 is 5.91 Å². The van der Waals surface area contributed by atoms with Gasteiger partial charge in [0.1, 0.15) is 12.4 Å². The van der Waals surface area contributed by atoms with Crippen molar-refractivity contribution >= 4 is 23.6 Å². The molecular weight excluding hydrogens is 351 g/mol. The fourth-order valence-electron chi connectivity index (χ4n) is 2.62. The van der Waals surface area contributed by atoms with E-state index in [2.05, 4.69) is 5.32 Å². The van der Waals surface area contributed by atoms with Crippen LogP contribution in [0.3, 0.4) is 0 Å². The maximum absolute atomic E-state index is 13.1. The zero-order valence-corrected chi connectivity index (χ0v) is 14.8. The average Bonchev–Trinajstić information content (AvgIpc) is 2.67. The Balaban J connectivity index is 1.86. The predicted molar refractivity (Wildman–Crippen MR) is 98.7 cm³/mol. The molecule has 2 aromatic rings. The molecule has 0 bridgehead atoms. The molecule has 1 heterocycles. The highest BCUT2D eigenvalue weighted by molar-refractivity contribution is 6.12. The van der Waals surface area contributed by atoms with Crippen LogP contribution in [0.2, 0.25) is 0 Å². The van der Waals surface area contributed by atoms with Crippen molar-refractivity contribution < 1.29 is 23.5 Å². The van der Waals surface area contributed by atoms with E-state index in [1.165, 1.54) is 23.1 Å². The summed E-state index contributed by atoms with van der Waals surface area (Å²) < 4.78 is 23.7. The van der Waals surface area contributed by atoms with Gasteiger partial charge in [-0.15, -0.1) is 0 Å². The summed E-state index contributed by atoms with van der Waals surface area (Å²) in [4.78, 5) is 26.4. The van der Waals surface area contributed by atoms with Crippen molar-refractivity contribution in [3.63, 3.8) is 0 Å². The summed E-state index contributed by atoms with van der Waals surface area (Å²) in [5.41, 5.74) is 1.13. The van der Waals surface area contributed by atoms with E-state index in [-0.39, 0.29) is 24.0 Å². The number of carbonyl (C=O) groups excluding carboxylic acids is 2. The summed E-state index contributed by atoms with van der Waals surface area (Å²) >= 11 is 0. The molecule has 7 heteroatoms. The monoisotopic (exact) mass is 370 g/mol. The third-order valence-electron chi connectivity index (χ3n) is 3.93. The molecule has 1 aliphatic heterocycles. The number of ether oxygens (including phenoxy) is 2. The van der Waals surface area contributed by atoms with Gasteiger partial charge in [0.05, 0.1) is 12.3 Å². The Morgan fingerprint density at radius 3 is 2.70 bits per heavy atom. The molecule has 0 atom stereocenters. The lowest BCUT2D eigenvalue weighted by Gasteiger charge is -2.30.